The molecule has 3 rings (SSSR count). The molecule has 1 aliphatic carbocycles. The molecule has 1 amide bonds. The number of anilines is 1. The van der Waals surface area contributed by atoms with Crippen molar-refractivity contribution in [3.63, 3.8) is 0 Å². The smallest absolute Gasteiger partial charge is 0.280 e. The van der Waals surface area contributed by atoms with Gasteiger partial charge in [-0.15, -0.1) is 0 Å². The van der Waals surface area contributed by atoms with Gasteiger partial charge in [-0.25, -0.2) is 8.78 Å². The van der Waals surface area contributed by atoms with Gasteiger partial charge >= 0.3 is 0 Å². The first-order valence-electron chi connectivity index (χ1n) is 7.95. The van der Waals surface area contributed by atoms with Crippen molar-refractivity contribution in [2.24, 2.45) is 0 Å². The highest BCUT2D eigenvalue weighted by Crippen LogP contribution is 2.40. The van der Waals surface area contributed by atoms with Crippen molar-refractivity contribution < 1.29 is 18.3 Å². The number of ether oxygens (including phenoxy) is 1. The lowest BCUT2D eigenvalue weighted by Gasteiger charge is -2.09. The van der Waals surface area contributed by atoms with Crippen LogP contribution in [0.3, 0.4) is 0 Å². The number of benzene rings is 1. The fraction of sp³-hybridized carbons (Fsp3) is 0.412. The summed E-state index contributed by atoms with van der Waals surface area (Å²) >= 11 is 0. The van der Waals surface area contributed by atoms with E-state index in [1.807, 2.05) is 6.92 Å². The van der Waals surface area contributed by atoms with Gasteiger partial charge in [-0.05, 0) is 50.1 Å². The Labute approximate surface area is 138 Å². The summed E-state index contributed by atoms with van der Waals surface area (Å²) in [6, 6.07) is 8.30. The average Bonchev–Trinajstić information content (AvgIpc) is 3.30. The molecule has 0 spiro atoms. The van der Waals surface area contributed by atoms with Crippen molar-refractivity contribution in [3.8, 4) is 5.75 Å². The second kappa shape index (κ2) is 6.98. The normalized spacial score (nSPS) is 14.0. The number of halogens is 2. The molecule has 7 heteroatoms. The van der Waals surface area contributed by atoms with E-state index in [4.69, 9.17) is 4.74 Å². The molecule has 2 aromatic rings. The number of alkyl halides is 2. The van der Waals surface area contributed by atoms with Gasteiger partial charge in [-0.2, -0.15) is 5.10 Å². The lowest BCUT2D eigenvalue weighted by molar-refractivity contribution is -0.117. The molecule has 0 atom stereocenters. The maximum atomic E-state index is 13.1. The van der Waals surface area contributed by atoms with Crippen LogP contribution in [0.5, 0.6) is 5.75 Å². The Morgan fingerprint density at radius 2 is 2.08 bits per heavy atom. The number of hydrogen-bond acceptors (Lipinski definition) is 3. The highest BCUT2D eigenvalue weighted by Gasteiger charge is 2.29. The number of nitrogens with zero attached hydrogens (tertiary/aromatic N) is 2. The Morgan fingerprint density at radius 3 is 2.67 bits per heavy atom. The number of amides is 1. The summed E-state index contributed by atoms with van der Waals surface area (Å²) in [6.07, 6.45) is -0.709. The quantitative estimate of drug-likeness (QED) is 0.839. The SMILES string of the molecule is CCOc1ccc(NC(=O)Cn2nc(C3CC3)cc2C(F)F)cc1. The second-order valence-corrected chi connectivity index (χ2v) is 5.73. The predicted octanol–water partition coefficient (Wildman–Crippen LogP) is 3.74. The molecule has 1 aliphatic rings. The summed E-state index contributed by atoms with van der Waals surface area (Å²) in [5.74, 6) is 0.570. The Morgan fingerprint density at radius 1 is 1.38 bits per heavy atom. The molecule has 5 nitrogen and oxygen atoms in total. The first-order valence-corrected chi connectivity index (χ1v) is 7.95. The van der Waals surface area contributed by atoms with E-state index in [9.17, 15) is 13.6 Å². The molecule has 0 aliphatic heterocycles. The van der Waals surface area contributed by atoms with Crippen LogP contribution in [0.25, 0.3) is 0 Å². The van der Waals surface area contributed by atoms with Crippen molar-refractivity contribution in [2.75, 3.05) is 11.9 Å². The monoisotopic (exact) mass is 335 g/mol. The van der Waals surface area contributed by atoms with E-state index in [-0.39, 0.29) is 18.2 Å². The van der Waals surface area contributed by atoms with E-state index in [2.05, 4.69) is 10.4 Å². The van der Waals surface area contributed by atoms with Gasteiger partial charge in [0.15, 0.2) is 0 Å². The number of hydrogen-bond donors (Lipinski definition) is 1. The third-order valence-electron chi connectivity index (χ3n) is 3.79. The highest BCUT2D eigenvalue weighted by atomic mass is 19.3. The van der Waals surface area contributed by atoms with Crippen LogP contribution in [0.2, 0.25) is 0 Å². The maximum absolute atomic E-state index is 13.1. The maximum Gasteiger partial charge on any atom is 0.280 e. The molecular weight excluding hydrogens is 316 g/mol. The van der Waals surface area contributed by atoms with Gasteiger partial charge in [-0.3, -0.25) is 9.48 Å². The zero-order chi connectivity index (χ0) is 17.1. The molecule has 128 valence electrons. The molecule has 1 fully saturated rings. The summed E-state index contributed by atoms with van der Waals surface area (Å²) < 4.78 is 32.6. The Hall–Kier alpha value is -2.44. The predicted molar refractivity (Wildman–Crippen MR) is 85.4 cm³/mol. The Balaban J connectivity index is 1.65. The molecule has 24 heavy (non-hydrogen) atoms. The van der Waals surface area contributed by atoms with Crippen molar-refractivity contribution in [1.29, 1.82) is 0 Å². The molecule has 0 unspecified atom stereocenters. The van der Waals surface area contributed by atoms with Gasteiger partial charge in [0.05, 0.1) is 12.3 Å². The standard InChI is InChI=1S/C17H19F2N3O2/c1-2-24-13-7-5-12(6-8-13)20-16(23)10-22-15(17(18)19)9-14(21-22)11-3-4-11/h5-9,11,17H,2-4,10H2,1H3,(H,20,23). The largest absolute Gasteiger partial charge is 0.494 e. The molecular formula is C17H19F2N3O2. The van der Waals surface area contributed by atoms with Gasteiger partial charge < -0.3 is 10.1 Å². The third kappa shape index (κ3) is 3.90. The Kier molecular flexibility index (Phi) is 4.78. The summed E-state index contributed by atoms with van der Waals surface area (Å²) in [6.45, 7) is 2.21. The van der Waals surface area contributed by atoms with Gasteiger partial charge in [0.25, 0.3) is 6.43 Å². The highest BCUT2D eigenvalue weighted by molar-refractivity contribution is 5.90. The minimum atomic E-state index is -2.65. The molecule has 0 radical (unpaired) electrons. The van der Waals surface area contributed by atoms with Crippen molar-refractivity contribution >= 4 is 11.6 Å². The van der Waals surface area contributed by atoms with Gasteiger partial charge in [0.1, 0.15) is 18.0 Å². The van der Waals surface area contributed by atoms with Crippen LogP contribution in [-0.4, -0.2) is 22.3 Å². The van der Waals surface area contributed by atoms with Crippen LogP contribution in [0.1, 0.15) is 43.5 Å². The van der Waals surface area contributed by atoms with Crippen LogP contribution >= 0.6 is 0 Å². The summed E-state index contributed by atoms with van der Waals surface area (Å²) in [4.78, 5) is 12.1. The topological polar surface area (TPSA) is 56.1 Å². The number of nitrogens with one attached hydrogen (secondary N) is 1. The van der Waals surface area contributed by atoms with Gasteiger partial charge in [0, 0.05) is 11.6 Å². The molecule has 1 saturated carbocycles. The Bertz CT molecular complexity index is 709. The number of rotatable bonds is 7. The van der Waals surface area contributed by atoms with Gasteiger partial charge in [-0.1, -0.05) is 0 Å². The first kappa shape index (κ1) is 16.4. The number of carbonyl (C=O) groups excluding carboxylic acids is 1. The molecule has 1 aromatic carbocycles. The zero-order valence-electron chi connectivity index (χ0n) is 13.3. The second-order valence-electron chi connectivity index (χ2n) is 5.73. The molecule has 0 saturated heterocycles. The molecule has 1 N–H and O–H groups in total. The van der Waals surface area contributed by atoms with Crippen LogP contribution in [0.15, 0.2) is 30.3 Å². The first-order chi connectivity index (χ1) is 11.6. The minimum Gasteiger partial charge on any atom is -0.494 e. The fourth-order valence-electron chi connectivity index (χ4n) is 2.47. The average molecular weight is 335 g/mol. The van der Waals surface area contributed by atoms with Crippen molar-refractivity contribution in [2.45, 2.75) is 38.7 Å². The lowest BCUT2D eigenvalue weighted by Crippen LogP contribution is -2.21. The molecule has 1 aromatic heterocycles. The lowest BCUT2D eigenvalue weighted by atomic mass is 10.3. The van der Waals surface area contributed by atoms with E-state index < -0.39 is 12.3 Å². The molecule has 0 bridgehead atoms. The third-order valence-corrected chi connectivity index (χ3v) is 3.79. The molecule has 1 heterocycles. The summed E-state index contributed by atoms with van der Waals surface area (Å²) in [5.41, 5.74) is 1.02. The van der Waals surface area contributed by atoms with Crippen LogP contribution in [0, 0.1) is 0 Å². The van der Waals surface area contributed by atoms with Gasteiger partial charge in [0.2, 0.25) is 5.91 Å². The number of aromatic nitrogens is 2. The minimum absolute atomic E-state index is 0.209. The van der Waals surface area contributed by atoms with Crippen molar-refractivity contribution in [1.82, 2.24) is 9.78 Å². The van der Waals surface area contributed by atoms with E-state index in [1.165, 1.54) is 6.07 Å². The zero-order valence-corrected chi connectivity index (χ0v) is 13.3. The summed E-state index contributed by atoms with van der Waals surface area (Å²) in [7, 11) is 0. The number of carbonyl (C=O) groups is 1. The van der Waals surface area contributed by atoms with E-state index >= 15 is 0 Å². The van der Waals surface area contributed by atoms with Crippen LogP contribution in [-0.2, 0) is 11.3 Å². The van der Waals surface area contributed by atoms with Crippen LogP contribution < -0.4 is 10.1 Å². The van der Waals surface area contributed by atoms with Crippen LogP contribution in [0.4, 0.5) is 14.5 Å². The van der Waals surface area contributed by atoms with E-state index in [0.29, 0.717) is 23.7 Å². The fourth-order valence-corrected chi connectivity index (χ4v) is 2.47. The summed E-state index contributed by atoms with van der Waals surface area (Å²) in [5, 5.41) is 6.85. The van der Waals surface area contributed by atoms with E-state index in [0.717, 1.165) is 17.5 Å². The van der Waals surface area contributed by atoms with Crippen molar-refractivity contribution in [3.05, 3.63) is 41.7 Å². The van der Waals surface area contributed by atoms with E-state index in [1.54, 1.807) is 24.3 Å².